The van der Waals surface area contributed by atoms with E-state index in [1.54, 1.807) is 61.1 Å². The van der Waals surface area contributed by atoms with E-state index in [2.05, 4.69) is 9.98 Å². The van der Waals surface area contributed by atoms with E-state index >= 15 is 0 Å². The maximum absolute atomic E-state index is 12.8. The second kappa shape index (κ2) is 7.39. The summed E-state index contributed by atoms with van der Waals surface area (Å²) in [6.07, 6.45) is 5.03. The summed E-state index contributed by atoms with van der Waals surface area (Å²) < 4.78 is 0. The third-order valence-corrected chi connectivity index (χ3v) is 3.95. The Hall–Kier alpha value is -2.49. The van der Waals surface area contributed by atoms with Crippen LogP contribution in [-0.4, -0.2) is 17.0 Å². The van der Waals surface area contributed by atoms with E-state index in [1.165, 1.54) is 0 Å². The van der Waals surface area contributed by atoms with Gasteiger partial charge in [0.05, 0.1) is 10.7 Å². The Labute approximate surface area is 149 Å². The van der Waals surface area contributed by atoms with Crippen LogP contribution in [0.3, 0.4) is 0 Å². The van der Waals surface area contributed by atoms with Crippen molar-refractivity contribution in [2.75, 3.05) is 0 Å². The fourth-order valence-corrected chi connectivity index (χ4v) is 2.58. The zero-order chi connectivity index (χ0) is 16.9. The van der Waals surface area contributed by atoms with Crippen LogP contribution in [0, 0.1) is 0 Å². The summed E-state index contributed by atoms with van der Waals surface area (Å²) in [5.74, 6) is -0.218. The van der Waals surface area contributed by atoms with Gasteiger partial charge in [-0.05, 0) is 48.0 Å². The van der Waals surface area contributed by atoms with Gasteiger partial charge in [0.15, 0.2) is 5.78 Å². The zero-order valence-corrected chi connectivity index (χ0v) is 14.0. The van der Waals surface area contributed by atoms with Crippen molar-refractivity contribution in [2.24, 2.45) is 4.99 Å². The molecular weight excluding hydrogens is 343 g/mol. The molecule has 3 rings (SSSR count). The van der Waals surface area contributed by atoms with Crippen LogP contribution in [0.4, 0.5) is 5.69 Å². The lowest BCUT2D eigenvalue weighted by molar-refractivity contribution is 0.103. The number of carbonyl (C=O) groups excluding carboxylic acids is 1. The number of halogens is 2. The van der Waals surface area contributed by atoms with Gasteiger partial charge in [-0.2, -0.15) is 0 Å². The van der Waals surface area contributed by atoms with E-state index in [0.717, 1.165) is 5.56 Å². The minimum atomic E-state index is -0.218. The normalized spacial score (nSPS) is 10.9. The molecule has 0 radical (unpaired) electrons. The number of nitrogens with zero attached hydrogens (tertiary/aromatic N) is 2. The minimum absolute atomic E-state index is 0.218. The molecule has 0 saturated heterocycles. The molecule has 0 bridgehead atoms. The average molecular weight is 355 g/mol. The Morgan fingerprint density at radius 1 is 0.958 bits per heavy atom. The highest BCUT2D eigenvalue weighted by atomic mass is 35.5. The fraction of sp³-hybridized carbons (Fsp3) is 0. The van der Waals surface area contributed by atoms with Crippen LogP contribution < -0.4 is 0 Å². The third kappa shape index (κ3) is 3.70. The maximum Gasteiger partial charge on any atom is 0.196 e. The van der Waals surface area contributed by atoms with Gasteiger partial charge in [0, 0.05) is 34.8 Å². The highest BCUT2D eigenvalue weighted by Gasteiger charge is 2.16. The van der Waals surface area contributed by atoms with Gasteiger partial charge >= 0.3 is 0 Å². The summed E-state index contributed by atoms with van der Waals surface area (Å²) in [5.41, 5.74) is 2.24. The predicted molar refractivity (Wildman–Crippen MR) is 97.8 cm³/mol. The first-order valence-corrected chi connectivity index (χ1v) is 7.93. The molecular formula is C19H12Cl2N2O. The maximum atomic E-state index is 12.8. The van der Waals surface area contributed by atoms with Crippen molar-refractivity contribution in [3.63, 3.8) is 0 Å². The van der Waals surface area contributed by atoms with Crippen molar-refractivity contribution in [1.82, 2.24) is 4.98 Å². The minimum Gasteiger partial charge on any atom is -0.288 e. The van der Waals surface area contributed by atoms with Gasteiger partial charge in [-0.1, -0.05) is 35.3 Å². The van der Waals surface area contributed by atoms with Crippen LogP contribution in [0.5, 0.6) is 0 Å². The number of aromatic nitrogens is 1. The molecule has 0 unspecified atom stereocenters. The molecule has 5 heteroatoms. The van der Waals surface area contributed by atoms with Crippen LogP contribution >= 0.6 is 23.2 Å². The lowest BCUT2D eigenvalue weighted by atomic mass is 10.0. The monoisotopic (exact) mass is 354 g/mol. The van der Waals surface area contributed by atoms with Crippen LogP contribution in [0.15, 0.2) is 72.0 Å². The van der Waals surface area contributed by atoms with E-state index in [4.69, 9.17) is 23.2 Å². The molecule has 0 spiro atoms. The summed E-state index contributed by atoms with van der Waals surface area (Å²) in [6, 6.07) is 15.6. The molecule has 0 aliphatic rings. The summed E-state index contributed by atoms with van der Waals surface area (Å²) in [6.45, 7) is 0. The first kappa shape index (κ1) is 16.4. The van der Waals surface area contributed by atoms with E-state index in [0.29, 0.717) is 26.9 Å². The van der Waals surface area contributed by atoms with Gasteiger partial charge in [0.25, 0.3) is 0 Å². The van der Waals surface area contributed by atoms with Crippen LogP contribution in [0.2, 0.25) is 10.0 Å². The zero-order valence-electron chi connectivity index (χ0n) is 12.5. The number of rotatable bonds is 4. The summed E-state index contributed by atoms with van der Waals surface area (Å²) in [7, 11) is 0. The van der Waals surface area contributed by atoms with Crippen molar-refractivity contribution in [3.05, 3.63) is 93.7 Å². The van der Waals surface area contributed by atoms with Crippen molar-refractivity contribution >= 4 is 40.9 Å². The van der Waals surface area contributed by atoms with Crippen LogP contribution in [0.1, 0.15) is 21.5 Å². The quantitative estimate of drug-likeness (QED) is 0.466. The molecule has 2 aromatic carbocycles. The number of pyridine rings is 1. The highest BCUT2D eigenvalue weighted by molar-refractivity contribution is 6.35. The molecule has 1 heterocycles. The van der Waals surface area contributed by atoms with Gasteiger partial charge in [-0.25, -0.2) is 0 Å². The molecule has 3 aromatic rings. The second-order valence-corrected chi connectivity index (χ2v) is 5.85. The number of hydrogen-bond donors (Lipinski definition) is 0. The Bertz CT molecular complexity index is 908. The number of hydrogen-bond acceptors (Lipinski definition) is 3. The molecule has 0 saturated carbocycles. The first-order chi connectivity index (χ1) is 11.6. The van der Waals surface area contributed by atoms with Crippen molar-refractivity contribution < 1.29 is 4.79 Å². The topological polar surface area (TPSA) is 42.3 Å². The highest BCUT2D eigenvalue weighted by Crippen LogP contribution is 2.28. The molecule has 0 fully saturated rings. The van der Waals surface area contributed by atoms with Crippen LogP contribution in [-0.2, 0) is 0 Å². The molecule has 0 atom stereocenters. The third-order valence-electron chi connectivity index (χ3n) is 3.38. The Kier molecular flexibility index (Phi) is 5.04. The fourth-order valence-electron chi connectivity index (χ4n) is 2.19. The molecule has 0 aliphatic carbocycles. The summed E-state index contributed by atoms with van der Waals surface area (Å²) in [4.78, 5) is 21.2. The lowest BCUT2D eigenvalue weighted by Crippen LogP contribution is -2.02. The van der Waals surface area contributed by atoms with E-state index in [9.17, 15) is 4.79 Å². The van der Waals surface area contributed by atoms with Crippen molar-refractivity contribution in [1.29, 1.82) is 0 Å². The first-order valence-electron chi connectivity index (χ1n) is 7.18. The smallest absolute Gasteiger partial charge is 0.196 e. The Morgan fingerprint density at radius 3 is 2.46 bits per heavy atom. The standard InChI is InChI=1S/C19H12Cl2N2O/c20-14-5-6-18(23-12-13-7-9-22-10-8-13)16(11-14)19(24)15-3-1-2-4-17(15)21/h1-12H. The van der Waals surface area contributed by atoms with Gasteiger partial charge in [0.2, 0.25) is 0 Å². The Balaban J connectivity index is 2.02. The summed E-state index contributed by atoms with van der Waals surface area (Å²) >= 11 is 12.2. The number of benzene rings is 2. The number of carbonyl (C=O) groups is 1. The molecule has 0 amide bonds. The van der Waals surface area contributed by atoms with E-state index in [1.807, 2.05) is 12.1 Å². The van der Waals surface area contributed by atoms with E-state index < -0.39 is 0 Å². The van der Waals surface area contributed by atoms with Gasteiger partial charge in [0.1, 0.15) is 0 Å². The molecule has 1 aromatic heterocycles. The second-order valence-electron chi connectivity index (χ2n) is 5.01. The Morgan fingerprint density at radius 2 is 1.71 bits per heavy atom. The van der Waals surface area contributed by atoms with Crippen LogP contribution in [0.25, 0.3) is 0 Å². The van der Waals surface area contributed by atoms with Gasteiger partial charge in [-0.3, -0.25) is 14.8 Å². The molecule has 0 aliphatic heterocycles. The van der Waals surface area contributed by atoms with E-state index in [-0.39, 0.29) is 5.78 Å². The number of aliphatic imine (C=N–C) groups is 1. The lowest BCUT2D eigenvalue weighted by Gasteiger charge is -2.07. The van der Waals surface area contributed by atoms with Gasteiger partial charge < -0.3 is 0 Å². The molecule has 118 valence electrons. The number of ketones is 1. The SMILES string of the molecule is O=C(c1ccccc1Cl)c1cc(Cl)ccc1N=Cc1ccncc1. The predicted octanol–water partition coefficient (Wildman–Crippen LogP) is 5.37. The largest absolute Gasteiger partial charge is 0.288 e. The van der Waals surface area contributed by atoms with Crippen molar-refractivity contribution in [2.45, 2.75) is 0 Å². The molecule has 24 heavy (non-hydrogen) atoms. The van der Waals surface area contributed by atoms with Gasteiger partial charge in [-0.15, -0.1) is 0 Å². The molecule has 3 nitrogen and oxygen atoms in total. The summed E-state index contributed by atoms with van der Waals surface area (Å²) in [5, 5.41) is 0.861. The average Bonchev–Trinajstić information content (AvgIpc) is 2.61. The van der Waals surface area contributed by atoms with Crippen molar-refractivity contribution in [3.8, 4) is 0 Å². The molecule has 0 N–H and O–H groups in total.